The predicted octanol–water partition coefficient (Wildman–Crippen LogP) is 5.18. The van der Waals surface area contributed by atoms with Gasteiger partial charge in [0.15, 0.2) is 5.82 Å². The van der Waals surface area contributed by atoms with Crippen LogP contribution in [0, 0.1) is 11.3 Å². The minimum atomic E-state index is -0.0730. The molecule has 2 aromatic carbocycles. The van der Waals surface area contributed by atoms with Crippen molar-refractivity contribution < 1.29 is 14.2 Å². The van der Waals surface area contributed by atoms with Crippen molar-refractivity contribution >= 4 is 13.4 Å². The summed E-state index contributed by atoms with van der Waals surface area (Å²) >= 11 is 0. The van der Waals surface area contributed by atoms with Gasteiger partial charge in [-0.3, -0.25) is 4.99 Å². The molecule has 0 fully saturated rings. The molecule has 0 saturated heterocycles. The van der Waals surface area contributed by atoms with Crippen molar-refractivity contribution in [3.63, 3.8) is 0 Å². The Morgan fingerprint density at radius 1 is 1.12 bits per heavy atom. The first kappa shape index (κ1) is 26.4. The molecule has 0 aliphatic carbocycles. The normalized spacial score (nSPS) is 12.4. The third-order valence-corrected chi connectivity index (χ3v) is 4.89. The number of allylic oxidation sites excluding steroid dienone is 2. The lowest BCUT2D eigenvalue weighted by Gasteiger charge is -2.19. The van der Waals surface area contributed by atoms with Gasteiger partial charge in [0.2, 0.25) is 0 Å². The highest BCUT2D eigenvalue weighted by Crippen LogP contribution is 2.26. The van der Waals surface area contributed by atoms with Crippen molar-refractivity contribution in [1.29, 1.82) is 5.26 Å². The van der Waals surface area contributed by atoms with Crippen LogP contribution in [-0.4, -0.2) is 33.3 Å². The third kappa shape index (κ3) is 8.23. The van der Waals surface area contributed by atoms with Crippen LogP contribution in [-0.2, 0) is 17.9 Å². The van der Waals surface area contributed by atoms with Gasteiger partial charge >= 0.3 is 0 Å². The summed E-state index contributed by atoms with van der Waals surface area (Å²) in [5.41, 5.74) is 3.12. The second-order valence-electron chi connectivity index (χ2n) is 7.42. The maximum absolute atomic E-state index is 8.98. The van der Waals surface area contributed by atoms with Gasteiger partial charge in [-0.1, -0.05) is 25.1 Å². The summed E-state index contributed by atoms with van der Waals surface area (Å²) in [4.78, 5) is 8.05. The van der Waals surface area contributed by atoms with Gasteiger partial charge in [0.05, 0.1) is 18.2 Å². The first-order chi connectivity index (χ1) is 16.6. The number of nitrogens with zero attached hydrogens (tertiary/aromatic N) is 3. The van der Waals surface area contributed by atoms with E-state index >= 15 is 0 Å². The van der Waals surface area contributed by atoms with Gasteiger partial charge in [-0.15, -0.1) is 0 Å². The Morgan fingerprint density at radius 2 is 1.85 bits per heavy atom. The highest BCUT2D eigenvalue weighted by Gasteiger charge is 2.11. The van der Waals surface area contributed by atoms with Gasteiger partial charge in [-0.25, -0.2) is 4.99 Å². The maximum atomic E-state index is 8.98. The van der Waals surface area contributed by atoms with E-state index in [-0.39, 0.29) is 6.10 Å². The predicted molar refractivity (Wildman–Crippen MR) is 136 cm³/mol. The molecule has 0 aromatic heterocycles. The molecule has 0 radical (unpaired) electrons. The quantitative estimate of drug-likeness (QED) is 0.310. The first-order valence-electron chi connectivity index (χ1n) is 11.0. The molecular formula is C27H32N4O3. The summed E-state index contributed by atoms with van der Waals surface area (Å²) in [5.74, 6) is 1.88. The summed E-state index contributed by atoms with van der Waals surface area (Å²) in [7, 11) is 1.66. The van der Waals surface area contributed by atoms with Gasteiger partial charge < -0.3 is 19.5 Å². The van der Waals surface area contributed by atoms with Crippen molar-refractivity contribution in [2.45, 2.75) is 39.5 Å². The topological polar surface area (TPSA) is 88.2 Å². The van der Waals surface area contributed by atoms with Crippen LogP contribution in [0.2, 0.25) is 0 Å². The molecule has 178 valence electrons. The van der Waals surface area contributed by atoms with E-state index in [9.17, 15) is 0 Å². The molecule has 34 heavy (non-hydrogen) atoms. The van der Waals surface area contributed by atoms with Crippen molar-refractivity contribution in [3.05, 3.63) is 82.8 Å². The summed E-state index contributed by atoms with van der Waals surface area (Å²) in [6.07, 6.45) is 4.41. The molecule has 2 rings (SSSR count). The Hall–Kier alpha value is -3.89. The van der Waals surface area contributed by atoms with E-state index in [0.717, 1.165) is 17.5 Å². The lowest BCUT2D eigenvalue weighted by molar-refractivity contribution is 0.0785. The Bertz CT molecular complexity index is 1050. The number of aliphatic imine (C=N–C) groups is 2. The van der Waals surface area contributed by atoms with E-state index < -0.39 is 0 Å². The fourth-order valence-corrected chi connectivity index (χ4v) is 3.12. The zero-order valence-electron chi connectivity index (χ0n) is 20.1. The number of nitriles is 1. The summed E-state index contributed by atoms with van der Waals surface area (Å²) in [6.45, 7) is 12.5. The van der Waals surface area contributed by atoms with Crippen LogP contribution in [0.4, 0.5) is 0 Å². The van der Waals surface area contributed by atoms with E-state index in [1.54, 1.807) is 19.2 Å². The van der Waals surface area contributed by atoms with Crippen LogP contribution in [0.15, 0.2) is 76.1 Å². The van der Waals surface area contributed by atoms with Gasteiger partial charge in [0.25, 0.3) is 0 Å². The van der Waals surface area contributed by atoms with E-state index in [2.05, 4.69) is 41.7 Å². The summed E-state index contributed by atoms with van der Waals surface area (Å²) in [6, 6.07) is 15.2. The lowest BCUT2D eigenvalue weighted by Crippen LogP contribution is -2.21. The van der Waals surface area contributed by atoms with Crippen molar-refractivity contribution in [1.82, 2.24) is 5.32 Å². The maximum Gasteiger partial charge on any atom is 0.151 e. The summed E-state index contributed by atoms with van der Waals surface area (Å²) in [5, 5.41) is 12.2. The Kier molecular flexibility index (Phi) is 11.1. The van der Waals surface area contributed by atoms with Crippen LogP contribution < -0.4 is 14.8 Å². The van der Waals surface area contributed by atoms with Crippen LogP contribution >= 0.6 is 0 Å². The van der Waals surface area contributed by atoms with Crippen LogP contribution in [0.1, 0.15) is 37.0 Å². The molecule has 0 amide bonds. The van der Waals surface area contributed by atoms with Crippen LogP contribution in [0.5, 0.6) is 11.5 Å². The Morgan fingerprint density at radius 3 is 2.44 bits per heavy atom. The molecule has 1 unspecified atom stereocenters. The van der Waals surface area contributed by atoms with Crippen molar-refractivity contribution in [2.24, 2.45) is 9.98 Å². The Labute approximate surface area is 202 Å². The number of methoxy groups -OCH3 is 1. The molecule has 0 heterocycles. The molecule has 7 nitrogen and oxygen atoms in total. The first-order valence-corrected chi connectivity index (χ1v) is 11.0. The average Bonchev–Trinajstić information content (AvgIpc) is 2.87. The monoisotopic (exact) mass is 460 g/mol. The summed E-state index contributed by atoms with van der Waals surface area (Å²) < 4.78 is 17.5. The highest BCUT2D eigenvalue weighted by atomic mass is 16.5. The number of ether oxygens (including phenoxy) is 3. The van der Waals surface area contributed by atoms with Gasteiger partial charge in [0.1, 0.15) is 29.9 Å². The van der Waals surface area contributed by atoms with E-state index in [1.807, 2.05) is 49.4 Å². The average molecular weight is 461 g/mol. The number of benzene rings is 2. The van der Waals surface area contributed by atoms with Gasteiger partial charge in [-0.05, 0) is 68.2 Å². The van der Waals surface area contributed by atoms with E-state index in [0.29, 0.717) is 48.3 Å². The largest absolute Gasteiger partial charge is 0.489 e. The molecule has 1 N–H and O–H groups in total. The lowest BCUT2D eigenvalue weighted by atomic mass is 10.1. The fraction of sp³-hybridized carbons (Fsp3) is 0.296. The minimum absolute atomic E-state index is 0.0730. The van der Waals surface area contributed by atoms with E-state index in [4.69, 9.17) is 19.5 Å². The molecule has 0 bridgehead atoms. The third-order valence-electron chi connectivity index (χ3n) is 4.89. The fourth-order valence-electron chi connectivity index (χ4n) is 3.12. The van der Waals surface area contributed by atoms with Gasteiger partial charge in [0, 0.05) is 19.7 Å². The SMILES string of the molecule is C=NC(/C=C\C)=C(/N=C)NCc1cc(OCc2ccc(C#N)cc2)cc(OC(CC)COC)c1. The number of hydrogen-bond donors (Lipinski definition) is 1. The molecule has 1 atom stereocenters. The Balaban J connectivity index is 2.26. The minimum Gasteiger partial charge on any atom is -0.489 e. The smallest absolute Gasteiger partial charge is 0.151 e. The molecule has 7 heteroatoms. The number of rotatable bonds is 14. The second kappa shape index (κ2) is 14.3. The molecule has 0 aliphatic rings. The standard InChI is InChI=1S/C27H32N4O3/c1-6-8-26(29-3)27(30-4)31-17-22-13-24(15-25(14-22)34-23(7-2)19-32-5)33-18-21-11-9-20(16-28)10-12-21/h6,8-15,23,31H,3-4,7,17-19H2,1-2,5H3/b8-6-,27-26-. The zero-order valence-corrected chi connectivity index (χ0v) is 20.1. The molecule has 0 saturated carbocycles. The van der Waals surface area contributed by atoms with Crippen molar-refractivity contribution in [2.75, 3.05) is 13.7 Å². The molecule has 0 aliphatic heterocycles. The van der Waals surface area contributed by atoms with Crippen LogP contribution in [0.25, 0.3) is 0 Å². The molecule has 0 spiro atoms. The number of hydrogen-bond acceptors (Lipinski definition) is 7. The zero-order chi connectivity index (χ0) is 24.8. The van der Waals surface area contributed by atoms with Gasteiger partial charge in [-0.2, -0.15) is 5.26 Å². The van der Waals surface area contributed by atoms with E-state index in [1.165, 1.54) is 0 Å². The van der Waals surface area contributed by atoms with Crippen molar-refractivity contribution in [3.8, 4) is 17.6 Å². The highest BCUT2D eigenvalue weighted by molar-refractivity contribution is 5.41. The number of nitrogens with one attached hydrogen (secondary N) is 1. The molecule has 2 aromatic rings. The second-order valence-corrected chi connectivity index (χ2v) is 7.42. The van der Waals surface area contributed by atoms with Crippen LogP contribution in [0.3, 0.4) is 0 Å². The molecular weight excluding hydrogens is 428 g/mol.